The number of carbonyl (C=O) groups is 2. The van der Waals surface area contributed by atoms with Gasteiger partial charge in [0.05, 0.1) is 16.8 Å². The normalized spacial score (nSPS) is 10.4. The number of amides is 1. The van der Waals surface area contributed by atoms with E-state index in [1.54, 1.807) is 18.2 Å². The van der Waals surface area contributed by atoms with Gasteiger partial charge in [0.1, 0.15) is 5.82 Å². The maximum Gasteiger partial charge on any atom is 0.337 e. The van der Waals surface area contributed by atoms with E-state index in [2.05, 4.69) is 12.2 Å². The summed E-state index contributed by atoms with van der Waals surface area (Å²) in [6.07, 6.45) is 1.95. The van der Waals surface area contributed by atoms with Crippen molar-refractivity contribution in [2.24, 2.45) is 0 Å². The molecule has 1 amide bonds. The number of unbranched alkanes of at least 4 members (excludes halogenated alkanes) is 1. The molecule has 0 bridgehead atoms. The van der Waals surface area contributed by atoms with Crippen LogP contribution in [0.25, 0.3) is 0 Å². The van der Waals surface area contributed by atoms with Crippen LogP contribution in [0, 0.1) is 5.82 Å². The molecule has 0 heterocycles. The lowest BCUT2D eigenvalue weighted by molar-refractivity contribution is 0.0697. The first-order valence-electron chi connectivity index (χ1n) is 8.08. The van der Waals surface area contributed by atoms with Crippen molar-refractivity contribution in [3.63, 3.8) is 0 Å². The lowest BCUT2D eigenvalue weighted by atomic mass is 10.1. The Hall–Kier alpha value is -2.89. The molecule has 0 unspecified atom stereocenters. The van der Waals surface area contributed by atoms with Gasteiger partial charge in [-0.2, -0.15) is 0 Å². The minimum atomic E-state index is -1.08. The van der Waals surface area contributed by atoms with Crippen molar-refractivity contribution in [3.8, 4) is 0 Å². The van der Waals surface area contributed by atoms with Gasteiger partial charge in [0.15, 0.2) is 0 Å². The largest absolute Gasteiger partial charge is 0.478 e. The summed E-state index contributed by atoms with van der Waals surface area (Å²) in [5.41, 5.74) is 0.872. The number of hydrogen-bond donors (Lipinski definition) is 2. The minimum Gasteiger partial charge on any atom is -0.478 e. The molecular formula is C19H21FN2O3. The number of rotatable bonds is 7. The predicted molar refractivity (Wildman–Crippen MR) is 95.9 cm³/mol. The number of carboxylic acid groups (broad SMARTS) is 1. The van der Waals surface area contributed by atoms with Crippen molar-refractivity contribution in [2.75, 3.05) is 23.8 Å². The van der Waals surface area contributed by atoms with Crippen molar-refractivity contribution >= 4 is 23.3 Å². The zero-order chi connectivity index (χ0) is 18.4. The number of anilines is 2. The molecule has 0 radical (unpaired) electrons. The van der Waals surface area contributed by atoms with E-state index in [0.717, 1.165) is 19.4 Å². The molecule has 0 fully saturated rings. The second kappa shape index (κ2) is 8.28. The third-order valence-corrected chi connectivity index (χ3v) is 3.86. The number of carbonyl (C=O) groups excluding carboxylic acids is 1. The molecule has 0 aliphatic rings. The Morgan fingerprint density at radius 1 is 1.16 bits per heavy atom. The Labute approximate surface area is 146 Å². The third-order valence-electron chi connectivity index (χ3n) is 3.86. The number of aromatic carboxylic acids is 1. The van der Waals surface area contributed by atoms with Gasteiger partial charge in [-0.3, -0.25) is 4.79 Å². The van der Waals surface area contributed by atoms with Crippen LogP contribution in [-0.4, -0.2) is 30.6 Å². The monoisotopic (exact) mass is 344 g/mol. The summed E-state index contributed by atoms with van der Waals surface area (Å²) in [4.78, 5) is 25.6. The minimum absolute atomic E-state index is 0.0879. The first kappa shape index (κ1) is 18.4. The quantitative estimate of drug-likeness (QED) is 0.796. The topological polar surface area (TPSA) is 69.6 Å². The lowest BCUT2D eigenvalue weighted by Crippen LogP contribution is -2.21. The van der Waals surface area contributed by atoms with Crippen molar-refractivity contribution < 1.29 is 19.1 Å². The Kier molecular flexibility index (Phi) is 6.11. The van der Waals surface area contributed by atoms with Crippen LogP contribution in [0.15, 0.2) is 42.5 Å². The average molecular weight is 344 g/mol. The van der Waals surface area contributed by atoms with Gasteiger partial charge in [0.2, 0.25) is 0 Å². The molecular weight excluding hydrogens is 323 g/mol. The molecule has 0 aromatic heterocycles. The summed E-state index contributed by atoms with van der Waals surface area (Å²) in [5, 5.41) is 12.0. The summed E-state index contributed by atoms with van der Waals surface area (Å²) in [6, 6.07) is 10.3. The zero-order valence-corrected chi connectivity index (χ0v) is 14.3. The van der Waals surface area contributed by atoms with E-state index >= 15 is 0 Å². The highest BCUT2D eigenvalue weighted by Gasteiger charge is 2.16. The molecule has 0 saturated carbocycles. The highest BCUT2D eigenvalue weighted by molar-refractivity contribution is 6.05. The lowest BCUT2D eigenvalue weighted by Gasteiger charge is -2.21. The molecule has 0 atom stereocenters. The van der Waals surface area contributed by atoms with E-state index in [4.69, 9.17) is 0 Å². The number of halogens is 1. The predicted octanol–water partition coefficient (Wildman–Crippen LogP) is 4.01. The van der Waals surface area contributed by atoms with Gasteiger partial charge in [0, 0.05) is 19.3 Å². The van der Waals surface area contributed by atoms with Crippen LogP contribution in [0.4, 0.5) is 15.8 Å². The van der Waals surface area contributed by atoms with Gasteiger partial charge in [-0.25, -0.2) is 9.18 Å². The molecule has 2 N–H and O–H groups in total. The van der Waals surface area contributed by atoms with Crippen LogP contribution in [-0.2, 0) is 0 Å². The molecule has 0 aliphatic carbocycles. The first-order valence-corrected chi connectivity index (χ1v) is 8.08. The summed E-state index contributed by atoms with van der Waals surface area (Å²) in [6.45, 7) is 2.80. The van der Waals surface area contributed by atoms with E-state index < -0.39 is 17.7 Å². The molecule has 0 aliphatic heterocycles. The van der Waals surface area contributed by atoms with Gasteiger partial charge < -0.3 is 15.3 Å². The van der Waals surface area contributed by atoms with Gasteiger partial charge >= 0.3 is 5.97 Å². The summed E-state index contributed by atoms with van der Waals surface area (Å²) >= 11 is 0. The first-order chi connectivity index (χ1) is 11.9. The fourth-order valence-corrected chi connectivity index (χ4v) is 2.48. The van der Waals surface area contributed by atoms with Crippen LogP contribution in [0.1, 0.15) is 40.5 Å². The van der Waals surface area contributed by atoms with E-state index in [1.807, 2.05) is 11.9 Å². The number of carboxylic acids is 1. The van der Waals surface area contributed by atoms with Crippen LogP contribution in [0.2, 0.25) is 0 Å². The van der Waals surface area contributed by atoms with Crippen molar-refractivity contribution in [3.05, 3.63) is 59.4 Å². The molecule has 5 nitrogen and oxygen atoms in total. The molecule has 2 aromatic carbocycles. The number of nitrogens with one attached hydrogen (secondary N) is 1. The third kappa shape index (κ3) is 4.56. The average Bonchev–Trinajstić information content (AvgIpc) is 2.59. The molecule has 2 rings (SSSR count). The molecule has 0 saturated heterocycles. The van der Waals surface area contributed by atoms with Gasteiger partial charge in [-0.15, -0.1) is 0 Å². The van der Waals surface area contributed by atoms with Gasteiger partial charge in [0.25, 0.3) is 5.91 Å². The second-order valence-corrected chi connectivity index (χ2v) is 5.75. The highest BCUT2D eigenvalue weighted by atomic mass is 19.1. The Morgan fingerprint density at radius 3 is 2.52 bits per heavy atom. The van der Waals surface area contributed by atoms with E-state index in [9.17, 15) is 19.1 Å². The van der Waals surface area contributed by atoms with Gasteiger partial charge in [-0.1, -0.05) is 25.5 Å². The van der Waals surface area contributed by atoms with E-state index in [-0.39, 0.29) is 11.1 Å². The van der Waals surface area contributed by atoms with Crippen LogP contribution in [0.3, 0.4) is 0 Å². The van der Waals surface area contributed by atoms with E-state index in [1.165, 1.54) is 24.3 Å². The highest BCUT2D eigenvalue weighted by Crippen LogP contribution is 2.24. The summed E-state index contributed by atoms with van der Waals surface area (Å²) in [5.74, 6) is -2.34. The van der Waals surface area contributed by atoms with Crippen molar-refractivity contribution in [2.45, 2.75) is 19.8 Å². The maximum atomic E-state index is 13.7. The fourth-order valence-electron chi connectivity index (χ4n) is 2.48. The Morgan fingerprint density at radius 2 is 1.88 bits per heavy atom. The van der Waals surface area contributed by atoms with Crippen molar-refractivity contribution in [1.29, 1.82) is 0 Å². The van der Waals surface area contributed by atoms with E-state index in [0.29, 0.717) is 11.4 Å². The molecule has 25 heavy (non-hydrogen) atoms. The molecule has 6 heteroatoms. The Balaban J connectivity index is 2.25. The second-order valence-electron chi connectivity index (χ2n) is 5.75. The number of nitrogens with zero attached hydrogens (tertiary/aromatic N) is 1. The molecule has 132 valence electrons. The van der Waals surface area contributed by atoms with Crippen molar-refractivity contribution in [1.82, 2.24) is 0 Å². The fraction of sp³-hybridized carbons (Fsp3) is 0.263. The molecule has 2 aromatic rings. The standard InChI is InChI=1S/C19H21FN2O3/c1-3-4-11-22(2)17-10-9-13(12-15(17)19(24)25)21-18(23)14-7-5-6-8-16(14)20/h5-10,12H,3-4,11H2,1-2H3,(H,21,23)(H,24,25). The number of hydrogen-bond acceptors (Lipinski definition) is 3. The SMILES string of the molecule is CCCCN(C)c1ccc(NC(=O)c2ccccc2F)cc1C(=O)O. The van der Waals surface area contributed by atoms with Gasteiger partial charge in [-0.05, 0) is 36.8 Å². The zero-order valence-electron chi connectivity index (χ0n) is 14.3. The molecule has 0 spiro atoms. The van der Waals surface area contributed by atoms with Crippen LogP contribution >= 0.6 is 0 Å². The Bertz CT molecular complexity index is 777. The summed E-state index contributed by atoms with van der Waals surface area (Å²) < 4.78 is 13.7. The van der Waals surface area contributed by atoms with Crippen LogP contribution in [0.5, 0.6) is 0 Å². The smallest absolute Gasteiger partial charge is 0.337 e. The maximum absolute atomic E-state index is 13.7. The summed E-state index contributed by atoms with van der Waals surface area (Å²) in [7, 11) is 1.83. The number of benzene rings is 2. The van der Waals surface area contributed by atoms with Crippen LogP contribution < -0.4 is 10.2 Å².